The van der Waals surface area contributed by atoms with Crippen LogP contribution in [0.2, 0.25) is 0 Å². The lowest BCUT2D eigenvalue weighted by Crippen LogP contribution is -2.22. The fraction of sp³-hybridized carbons (Fsp3) is 0.533. The van der Waals surface area contributed by atoms with Gasteiger partial charge in [-0.3, -0.25) is 4.79 Å². The molecule has 0 fully saturated rings. The van der Waals surface area contributed by atoms with E-state index in [1.165, 1.54) is 6.33 Å². The summed E-state index contributed by atoms with van der Waals surface area (Å²) in [5.41, 5.74) is 0.696. The molecule has 1 aliphatic carbocycles. The molecule has 0 saturated carbocycles. The van der Waals surface area contributed by atoms with Crippen LogP contribution in [0, 0.1) is 5.92 Å². The van der Waals surface area contributed by atoms with Crippen LogP contribution in [-0.2, 0) is 4.74 Å². The number of imidazole rings is 1. The molecule has 0 radical (unpaired) electrons. The van der Waals surface area contributed by atoms with E-state index in [4.69, 9.17) is 4.74 Å². The highest BCUT2D eigenvalue weighted by molar-refractivity contribution is 5.69. The van der Waals surface area contributed by atoms with Crippen LogP contribution in [0.3, 0.4) is 0 Å². The summed E-state index contributed by atoms with van der Waals surface area (Å²) < 4.78 is 7.80. The first-order valence-electron chi connectivity index (χ1n) is 7.16. The first-order valence-corrected chi connectivity index (χ1v) is 7.16. The number of H-pyrrole nitrogens is 1. The summed E-state index contributed by atoms with van der Waals surface area (Å²) in [5, 5.41) is 0. The molecule has 2 heterocycles. The molecule has 1 N–H and O–H groups in total. The lowest BCUT2D eigenvalue weighted by molar-refractivity contribution is -0.0160. The van der Waals surface area contributed by atoms with Crippen LogP contribution in [0.1, 0.15) is 33.2 Å². The van der Waals surface area contributed by atoms with Crippen molar-refractivity contribution in [3.63, 3.8) is 0 Å². The third-order valence-electron chi connectivity index (χ3n) is 3.60. The van der Waals surface area contributed by atoms with E-state index in [1.54, 1.807) is 6.33 Å². The van der Waals surface area contributed by atoms with Gasteiger partial charge < -0.3 is 14.3 Å². The van der Waals surface area contributed by atoms with E-state index < -0.39 is 0 Å². The van der Waals surface area contributed by atoms with E-state index in [9.17, 15) is 4.79 Å². The van der Waals surface area contributed by atoms with Gasteiger partial charge in [-0.15, -0.1) is 0 Å². The summed E-state index contributed by atoms with van der Waals surface area (Å²) in [5.74, 6) is 0.383. The Labute approximate surface area is 122 Å². The minimum Gasteiger partial charge on any atom is -0.375 e. The number of ether oxygens (including phenoxy) is 1. The summed E-state index contributed by atoms with van der Waals surface area (Å²) in [6.07, 6.45) is 8.36. The standard InChI is InChI=1S/C15H20N4O2/c1-15(2,3)21-7-10-4-5-11(6-10)19-9-18-12-13(19)16-8-17-14(12)20/h4-5,8-11H,6-7H2,1-3H3,(H,16,17,20)/t10-,11+/m0/s1. The predicted octanol–water partition coefficient (Wildman–Crippen LogP) is 2.05. The zero-order chi connectivity index (χ0) is 15.0. The van der Waals surface area contributed by atoms with Crippen molar-refractivity contribution in [2.45, 2.75) is 38.8 Å². The summed E-state index contributed by atoms with van der Waals surface area (Å²) in [4.78, 5) is 22.6. The van der Waals surface area contributed by atoms with Gasteiger partial charge in [0.25, 0.3) is 5.56 Å². The van der Waals surface area contributed by atoms with Gasteiger partial charge in [0.05, 0.1) is 30.9 Å². The number of hydrogen-bond acceptors (Lipinski definition) is 4. The summed E-state index contributed by atoms with van der Waals surface area (Å²) in [6, 6.07) is 0.179. The zero-order valence-corrected chi connectivity index (χ0v) is 12.5. The SMILES string of the molecule is CC(C)(C)OC[C@H]1C=C[C@@H](n2cnc3c(=O)[nH]cnc32)C1. The number of nitrogens with zero attached hydrogens (tertiary/aromatic N) is 3. The number of allylic oxidation sites excluding steroid dienone is 1. The van der Waals surface area contributed by atoms with Crippen molar-refractivity contribution in [1.29, 1.82) is 0 Å². The van der Waals surface area contributed by atoms with E-state index in [2.05, 4.69) is 47.9 Å². The van der Waals surface area contributed by atoms with E-state index in [0.717, 1.165) is 6.42 Å². The largest absolute Gasteiger partial charge is 0.375 e. The number of aromatic amines is 1. The lowest BCUT2D eigenvalue weighted by Gasteiger charge is -2.22. The monoisotopic (exact) mass is 288 g/mol. The van der Waals surface area contributed by atoms with Crippen LogP contribution in [0.15, 0.2) is 29.6 Å². The maximum Gasteiger partial charge on any atom is 0.278 e. The molecule has 0 spiro atoms. The molecule has 3 rings (SSSR count). The molecule has 6 heteroatoms. The Bertz CT molecular complexity index is 723. The Morgan fingerprint density at radius 2 is 2.19 bits per heavy atom. The topological polar surface area (TPSA) is 72.8 Å². The first kappa shape index (κ1) is 14.0. The van der Waals surface area contributed by atoms with Gasteiger partial charge in [-0.2, -0.15) is 0 Å². The van der Waals surface area contributed by atoms with E-state index >= 15 is 0 Å². The van der Waals surface area contributed by atoms with Gasteiger partial charge in [0.1, 0.15) is 0 Å². The lowest BCUT2D eigenvalue weighted by atomic mass is 10.1. The van der Waals surface area contributed by atoms with Crippen LogP contribution < -0.4 is 5.56 Å². The fourth-order valence-corrected chi connectivity index (χ4v) is 2.55. The average molecular weight is 288 g/mol. The number of rotatable bonds is 3. The average Bonchev–Trinajstić information content (AvgIpc) is 3.02. The van der Waals surface area contributed by atoms with Crippen LogP contribution in [0.4, 0.5) is 0 Å². The molecule has 112 valence electrons. The smallest absolute Gasteiger partial charge is 0.278 e. The van der Waals surface area contributed by atoms with Crippen molar-refractivity contribution in [2.75, 3.05) is 6.61 Å². The van der Waals surface area contributed by atoms with Crippen molar-refractivity contribution in [2.24, 2.45) is 5.92 Å². The van der Waals surface area contributed by atoms with Crippen molar-refractivity contribution in [1.82, 2.24) is 19.5 Å². The summed E-state index contributed by atoms with van der Waals surface area (Å²) in [7, 11) is 0. The number of aromatic nitrogens is 4. The van der Waals surface area contributed by atoms with E-state index in [1.807, 2.05) is 4.57 Å². The second-order valence-electron chi connectivity index (χ2n) is 6.43. The van der Waals surface area contributed by atoms with E-state index in [0.29, 0.717) is 23.7 Å². The van der Waals surface area contributed by atoms with Crippen LogP contribution in [0.25, 0.3) is 11.2 Å². The molecule has 2 atom stereocenters. The Hall–Kier alpha value is -1.95. The fourth-order valence-electron chi connectivity index (χ4n) is 2.55. The first-order chi connectivity index (χ1) is 9.94. The number of hydrogen-bond donors (Lipinski definition) is 1. The second-order valence-corrected chi connectivity index (χ2v) is 6.43. The summed E-state index contributed by atoms with van der Waals surface area (Å²) in [6.45, 7) is 6.88. The predicted molar refractivity (Wildman–Crippen MR) is 80.1 cm³/mol. The molecule has 0 unspecified atom stereocenters. The third kappa shape index (κ3) is 2.90. The van der Waals surface area contributed by atoms with Gasteiger partial charge >= 0.3 is 0 Å². The Kier molecular flexibility index (Phi) is 3.41. The zero-order valence-electron chi connectivity index (χ0n) is 12.5. The molecule has 0 bridgehead atoms. The highest BCUT2D eigenvalue weighted by Gasteiger charge is 2.24. The Morgan fingerprint density at radius 3 is 2.95 bits per heavy atom. The van der Waals surface area contributed by atoms with E-state index in [-0.39, 0.29) is 17.2 Å². The van der Waals surface area contributed by atoms with Crippen molar-refractivity contribution >= 4 is 11.2 Å². The van der Waals surface area contributed by atoms with Gasteiger partial charge in [0.15, 0.2) is 11.2 Å². The second kappa shape index (κ2) is 5.11. The minimum absolute atomic E-state index is 0.123. The van der Waals surface area contributed by atoms with Gasteiger partial charge in [-0.25, -0.2) is 9.97 Å². The molecule has 0 aromatic carbocycles. The van der Waals surface area contributed by atoms with Gasteiger partial charge in [0.2, 0.25) is 0 Å². The molecule has 21 heavy (non-hydrogen) atoms. The normalized spacial score (nSPS) is 22.2. The molecule has 0 amide bonds. The molecule has 2 aromatic heterocycles. The number of nitrogens with one attached hydrogen (secondary N) is 1. The highest BCUT2D eigenvalue weighted by Crippen LogP contribution is 2.30. The molecule has 0 saturated heterocycles. The van der Waals surface area contributed by atoms with Gasteiger partial charge in [0, 0.05) is 5.92 Å². The van der Waals surface area contributed by atoms with Gasteiger partial charge in [-0.1, -0.05) is 12.2 Å². The van der Waals surface area contributed by atoms with Crippen LogP contribution in [0.5, 0.6) is 0 Å². The number of fused-ring (bicyclic) bond motifs is 1. The van der Waals surface area contributed by atoms with Crippen molar-refractivity contribution in [3.05, 3.63) is 35.2 Å². The Morgan fingerprint density at radius 1 is 1.38 bits per heavy atom. The molecule has 2 aromatic rings. The Balaban J connectivity index is 1.76. The molecule has 6 nitrogen and oxygen atoms in total. The molecular formula is C15H20N4O2. The maximum absolute atomic E-state index is 11.7. The maximum atomic E-state index is 11.7. The highest BCUT2D eigenvalue weighted by atomic mass is 16.5. The molecule has 0 aliphatic heterocycles. The van der Waals surface area contributed by atoms with Crippen LogP contribution >= 0.6 is 0 Å². The molecule has 1 aliphatic rings. The van der Waals surface area contributed by atoms with Crippen LogP contribution in [-0.4, -0.2) is 31.7 Å². The quantitative estimate of drug-likeness (QED) is 0.877. The molecular weight excluding hydrogens is 268 g/mol. The van der Waals surface area contributed by atoms with Crippen molar-refractivity contribution < 1.29 is 4.74 Å². The third-order valence-corrected chi connectivity index (χ3v) is 3.60. The van der Waals surface area contributed by atoms with Gasteiger partial charge in [-0.05, 0) is 27.2 Å². The summed E-state index contributed by atoms with van der Waals surface area (Å²) >= 11 is 0. The van der Waals surface area contributed by atoms with Crippen molar-refractivity contribution in [3.8, 4) is 0 Å². The minimum atomic E-state index is -0.201.